The van der Waals surface area contributed by atoms with E-state index < -0.39 is 8.32 Å². The van der Waals surface area contributed by atoms with Crippen LogP contribution in [0.3, 0.4) is 0 Å². The molecular formula is C17H31NO3Si. The number of epoxide rings is 1. The second-order valence-corrected chi connectivity index (χ2v) is 13.7. The fourth-order valence-electron chi connectivity index (χ4n) is 3.93. The molecule has 2 heterocycles. The van der Waals surface area contributed by atoms with Crippen LogP contribution >= 0.6 is 0 Å². The molecule has 0 aromatic rings. The van der Waals surface area contributed by atoms with Crippen molar-refractivity contribution in [2.45, 2.75) is 95.4 Å². The lowest BCUT2D eigenvalue weighted by Crippen LogP contribution is -2.69. The third-order valence-electron chi connectivity index (χ3n) is 6.41. The van der Waals surface area contributed by atoms with Crippen LogP contribution in [0.25, 0.3) is 0 Å². The fourth-order valence-corrected chi connectivity index (χ4v) is 5.36. The number of ether oxygens (including phenoxy) is 1. The van der Waals surface area contributed by atoms with Crippen molar-refractivity contribution in [1.82, 2.24) is 5.32 Å². The van der Waals surface area contributed by atoms with E-state index in [2.05, 4.69) is 46.1 Å². The maximum Gasteiger partial charge on any atom is 0.228 e. The Hall–Kier alpha value is -0.393. The Morgan fingerprint density at radius 3 is 2.59 bits per heavy atom. The van der Waals surface area contributed by atoms with Gasteiger partial charge in [-0.25, -0.2) is 0 Å². The molecule has 3 fully saturated rings. The third kappa shape index (κ3) is 2.45. The van der Waals surface area contributed by atoms with Crippen LogP contribution in [0.4, 0.5) is 0 Å². The summed E-state index contributed by atoms with van der Waals surface area (Å²) < 4.78 is 12.5. The van der Waals surface area contributed by atoms with Gasteiger partial charge in [0, 0.05) is 0 Å². The first-order valence-electron chi connectivity index (χ1n) is 8.74. The van der Waals surface area contributed by atoms with E-state index in [0.29, 0.717) is 6.10 Å². The Balaban J connectivity index is 1.69. The molecular weight excluding hydrogens is 294 g/mol. The molecule has 5 heteroatoms. The van der Waals surface area contributed by atoms with Gasteiger partial charge in [0.15, 0.2) is 8.32 Å². The van der Waals surface area contributed by atoms with Gasteiger partial charge in [0.2, 0.25) is 5.91 Å². The summed E-state index contributed by atoms with van der Waals surface area (Å²) >= 11 is 0. The van der Waals surface area contributed by atoms with Gasteiger partial charge in [0.25, 0.3) is 0 Å². The second kappa shape index (κ2) is 5.05. The molecule has 4 nitrogen and oxygen atoms in total. The number of rotatable bonds is 4. The molecule has 2 saturated heterocycles. The van der Waals surface area contributed by atoms with Crippen LogP contribution in [0, 0.1) is 5.92 Å². The van der Waals surface area contributed by atoms with Crippen molar-refractivity contribution in [2.24, 2.45) is 5.92 Å². The van der Waals surface area contributed by atoms with Crippen LogP contribution in [0.15, 0.2) is 0 Å². The summed E-state index contributed by atoms with van der Waals surface area (Å²) in [6.07, 6.45) is 5.05. The number of carbonyl (C=O) groups excluding carboxylic acids is 1. The number of nitrogens with one attached hydrogen (secondary N) is 1. The predicted octanol–water partition coefficient (Wildman–Crippen LogP) is 3.22. The van der Waals surface area contributed by atoms with Gasteiger partial charge >= 0.3 is 0 Å². The lowest BCUT2D eigenvalue weighted by Gasteiger charge is -2.47. The topological polar surface area (TPSA) is 50.9 Å². The molecule has 22 heavy (non-hydrogen) atoms. The second-order valence-electron chi connectivity index (χ2n) is 8.90. The van der Waals surface area contributed by atoms with Crippen molar-refractivity contribution < 1.29 is 14.0 Å². The highest BCUT2D eigenvalue weighted by Crippen LogP contribution is 2.54. The molecule has 3 rings (SSSR count). The highest BCUT2D eigenvalue weighted by Gasteiger charge is 2.68. The van der Waals surface area contributed by atoms with Gasteiger partial charge in [-0.15, -0.1) is 0 Å². The van der Waals surface area contributed by atoms with Crippen LogP contribution in [-0.4, -0.2) is 38.1 Å². The Morgan fingerprint density at radius 2 is 2.05 bits per heavy atom. The zero-order chi connectivity index (χ0) is 16.3. The Labute approximate surface area is 135 Å². The van der Waals surface area contributed by atoms with Gasteiger partial charge in [-0.2, -0.15) is 0 Å². The van der Waals surface area contributed by atoms with E-state index in [1.807, 2.05) is 0 Å². The van der Waals surface area contributed by atoms with Crippen molar-refractivity contribution in [1.29, 1.82) is 0 Å². The van der Waals surface area contributed by atoms with Crippen molar-refractivity contribution in [2.75, 3.05) is 0 Å². The van der Waals surface area contributed by atoms with Gasteiger partial charge in [0.1, 0.15) is 5.60 Å². The van der Waals surface area contributed by atoms with E-state index >= 15 is 0 Å². The van der Waals surface area contributed by atoms with E-state index in [-0.39, 0.29) is 34.6 Å². The third-order valence-corrected chi connectivity index (χ3v) is 11.0. The van der Waals surface area contributed by atoms with Crippen LogP contribution in [0.5, 0.6) is 0 Å². The smallest absolute Gasteiger partial charge is 0.228 e. The number of hydrogen-bond donors (Lipinski definition) is 1. The van der Waals surface area contributed by atoms with Crippen LogP contribution in [0.2, 0.25) is 18.1 Å². The highest BCUT2D eigenvalue weighted by molar-refractivity contribution is 6.74. The fraction of sp³-hybridized carbons (Fsp3) is 0.941. The average molecular weight is 326 g/mol. The van der Waals surface area contributed by atoms with Crippen LogP contribution in [-0.2, 0) is 14.0 Å². The zero-order valence-corrected chi connectivity index (χ0v) is 15.9. The summed E-state index contributed by atoms with van der Waals surface area (Å²) in [6.45, 7) is 13.3. The molecule has 0 aromatic carbocycles. The van der Waals surface area contributed by atoms with Gasteiger partial charge in [-0.05, 0) is 37.9 Å². The lowest BCUT2D eigenvalue weighted by atomic mass is 9.72. The minimum absolute atomic E-state index is 0.0270. The zero-order valence-electron chi connectivity index (χ0n) is 14.9. The minimum atomic E-state index is -1.85. The van der Waals surface area contributed by atoms with Crippen LogP contribution in [0.1, 0.15) is 53.4 Å². The molecule has 1 N–H and O–H groups in total. The maximum atomic E-state index is 12.2. The van der Waals surface area contributed by atoms with E-state index in [4.69, 9.17) is 9.16 Å². The first kappa shape index (κ1) is 16.5. The predicted molar refractivity (Wildman–Crippen MR) is 89.2 cm³/mol. The summed E-state index contributed by atoms with van der Waals surface area (Å²) in [6, 6.07) is 0.157. The summed E-state index contributed by atoms with van der Waals surface area (Å²) in [5.74, 6) is 0.0997. The molecule has 5 atom stereocenters. The monoisotopic (exact) mass is 325 g/mol. The number of hydrogen-bond acceptors (Lipinski definition) is 3. The Kier molecular flexibility index (Phi) is 3.78. The van der Waals surface area contributed by atoms with E-state index in [1.165, 1.54) is 12.8 Å². The van der Waals surface area contributed by atoms with Crippen molar-refractivity contribution in [3.8, 4) is 0 Å². The summed E-state index contributed by atoms with van der Waals surface area (Å²) in [4.78, 5) is 12.2. The summed E-state index contributed by atoms with van der Waals surface area (Å²) in [5, 5.41) is 3.29. The molecule has 3 aliphatic rings. The Bertz CT molecular complexity index is 473. The summed E-state index contributed by atoms with van der Waals surface area (Å²) in [7, 11) is -1.85. The first-order valence-corrected chi connectivity index (χ1v) is 11.7. The molecule has 0 aromatic heterocycles. The van der Waals surface area contributed by atoms with Gasteiger partial charge < -0.3 is 14.5 Å². The lowest BCUT2D eigenvalue weighted by molar-refractivity contribution is -0.143. The van der Waals surface area contributed by atoms with Crippen molar-refractivity contribution in [3.05, 3.63) is 0 Å². The van der Waals surface area contributed by atoms with E-state index in [1.54, 1.807) is 0 Å². The maximum absolute atomic E-state index is 12.2. The van der Waals surface area contributed by atoms with E-state index in [0.717, 1.165) is 12.8 Å². The van der Waals surface area contributed by atoms with E-state index in [9.17, 15) is 4.79 Å². The largest absolute Gasteiger partial charge is 0.413 e. The SMILES string of the molecule is C[C@@H](O[Si](C)(C)C(C)(C)C)[C@H]1C(=O)N[C@H]1[C@]12CCCCC1O2. The number of carbonyl (C=O) groups is 1. The molecule has 1 saturated carbocycles. The molecule has 0 spiro atoms. The van der Waals surface area contributed by atoms with Crippen molar-refractivity contribution >= 4 is 14.2 Å². The molecule has 1 amide bonds. The molecule has 1 aliphatic carbocycles. The van der Waals surface area contributed by atoms with Crippen molar-refractivity contribution in [3.63, 3.8) is 0 Å². The molecule has 0 bridgehead atoms. The normalized spacial score (nSPS) is 39.5. The van der Waals surface area contributed by atoms with Gasteiger partial charge in [0.05, 0.1) is 24.2 Å². The molecule has 1 unspecified atom stereocenters. The number of amides is 1. The summed E-state index contributed by atoms with van der Waals surface area (Å²) in [5.41, 5.74) is -0.0676. The average Bonchev–Trinajstić information content (AvgIpc) is 3.08. The Morgan fingerprint density at radius 1 is 1.36 bits per heavy atom. The quantitative estimate of drug-likeness (QED) is 0.490. The molecule has 2 aliphatic heterocycles. The molecule has 0 radical (unpaired) electrons. The number of β-lactam (4-membered cyclic amide) rings is 1. The highest BCUT2D eigenvalue weighted by atomic mass is 28.4. The van der Waals surface area contributed by atoms with Crippen LogP contribution < -0.4 is 5.32 Å². The van der Waals surface area contributed by atoms with Gasteiger partial charge in [-0.1, -0.05) is 33.6 Å². The number of fused-ring (bicyclic) bond motifs is 1. The standard InChI is InChI=1S/C17H31NO3Si/c1-11(21-22(5,6)16(2,3)4)13-14(18-15(13)19)17-10-8-7-9-12(17)20-17/h11-14H,7-10H2,1-6H3,(H,18,19)/t11-,12?,13-,14-,17+/m1/s1. The molecule has 126 valence electrons. The minimum Gasteiger partial charge on any atom is -0.413 e. The first-order chi connectivity index (χ1) is 10.1. The van der Waals surface area contributed by atoms with Gasteiger partial charge in [-0.3, -0.25) is 4.79 Å².